The Hall–Kier alpha value is -1.64. The van der Waals surface area contributed by atoms with Crippen molar-refractivity contribution >= 4 is 11.8 Å². The smallest absolute Gasteiger partial charge is 0.320 e. The highest BCUT2D eigenvalue weighted by Gasteiger charge is 2.48. The molecule has 3 rings (SSSR count). The van der Waals surface area contributed by atoms with Crippen molar-refractivity contribution in [2.24, 2.45) is 5.41 Å². The van der Waals surface area contributed by atoms with E-state index in [2.05, 4.69) is 18.2 Å². The number of rotatable bonds is 3. The zero-order valence-corrected chi connectivity index (χ0v) is 11.2. The SMILES string of the molecule is CC(=O)C1(Cc2ccc3c(c2)CCC3)CCOC1=O. The molecule has 3 nitrogen and oxygen atoms in total. The van der Waals surface area contributed by atoms with E-state index in [0.29, 0.717) is 19.4 Å². The van der Waals surface area contributed by atoms with Crippen molar-refractivity contribution in [1.82, 2.24) is 0 Å². The third-order valence-electron chi connectivity index (χ3n) is 4.50. The van der Waals surface area contributed by atoms with Crippen molar-refractivity contribution in [3.8, 4) is 0 Å². The molecule has 1 aromatic rings. The second-order valence-corrected chi connectivity index (χ2v) is 5.66. The Balaban J connectivity index is 1.91. The van der Waals surface area contributed by atoms with Crippen molar-refractivity contribution in [1.29, 1.82) is 0 Å². The van der Waals surface area contributed by atoms with Crippen LogP contribution in [0.2, 0.25) is 0 Å². The van der Waals surface area contributed by atoms with E-state index in [1.807, 2.05) is 0 Å². The molecule has 19 heavy (non-hydrogen) atoms. The van der Waals surface area contributed by atoms with Gasteiger partial charge in [0, 0.05) is 6.42 Å². The Morgan fingerprint density at radius 3 is 2.79 bits per heavy atom. The first-order valence-corrected chi connectivity index (χ1v) is 6.91. The number of carbonyl (C=O) groups is 2. The Morgan fingerprint density at radius 1 is 1.32 bits per heavy atom. The monoisotopic (exact) mass is 258 g/mol. The predicted molar refractivity (Wildman–Crippen MR) is 70.9 cm³/mol. The van der Waals surface area contributed by atoms with Crippen LogP contribution < -0.4 is 0 Å². The molecule has 0 bridgehead atoms. The molecule has 1 unspecified atom stereocenters. The summed E-state index contributed by atoms with van der Waals surface area (Å²) in [7, 11) is 0. The molecule has 1 aliphatic heterocycles. The maximum atomic E-state index is 11.9. The molecule has 1 heterocycles. The number of hydrogen-bond acceptors (Lipinski definition) is 3. The molecule has 100 valence electrons. The molecular formula is C16H18O3. The molecular weight excluding hydrogens is 240 g/mol. The van der Waals surface area contributed by atoms with Gasteiger partial charge in [-0.05, 0) is 49.3 Å². The lowest BCUT2D eigenvalue weighted by Crippen LogP contribution is -2.36. The number of Topliss-reactive ketones (excluding diaryl/α,β-unsaturated/α-hetero) is 1. The van der Waals surface area contributed by atoms with Crippen molar-refractivity contribution in [3.63, 3.8) is 0 Å². The number of ketones is 1. The summed E-state index contributed by atoms with van der Waals surface area (Å²) >= 11 is 0. The quantitative estimate of drug-likeness (QED) is 0.617. The average Bonchev–Trinajstić information content (AvgIpc) is 2.97. The van der Waals surface area contributed by atoms with Gasteiger partial charge in [-0.3, -0.25) is 9.59 Å². The maximum absolute atomic E-state index is 11.9. The number of fused-ring (bicyclic) bond motifs is 1. The first-order valence-electron chi connectivity index (χ1n) is 6.91. The standard InChI is InChI=1S/C16H18O3/c1-11(17)16(7-8-19-15(16)18)10-12-5-6-13-3-2-4-14(13)9-12/h5-6,9H,2-4,7-8,10H2,1H3. The minimum absolute atomic E-state index is 0.0736. The van der Waals surface area contributed by atoms with Crippen molar-refractivity contribution in [2.45, 2.75) is 39.0 Å². The molecule has 1 fully saturated rings. The van der Waals surface area contributed by atoms with E-state index in [1.165, 1.54) is 24.5 Å². The highest BCUT2D eigenvalue weighted by atomic mass is 16.5. The van der Waals surface area contributed by atoms with E-state index in [1.54, 1.807) is 0 Å². The van der Waals surface area contributed by atoms with Gasteiger partial charge in [0.25, 0.3) is 0 Å². The van der Waals surface area contributed by atoms with Crippen LogP contribution >= 0.6 is 0 Å². The zero-order chi connectivity index (χ0) is 13.5. The predicted octanol–water partition coefficient (Wildman–Crippen LogP) is 2.24. The van der Waals surface area contributed by atoms with Crippen LogP contribution in [-0.4, -0.2) is 18.4 Å². The lowest BCUT2D eigenvalue weighted by molar-refractivity contribution is -0.150. The molecule has 1 atom stereocenters. The molecule has 2 aliphatic rings. The number of carbonyl (C=O) groups excluding carboxylic acids is 2. The Morgan fingerprint density at radius 2 is 2.11 bits per heavy atom. The number of benzene rings is 1. The molecule has 1 saturated heterocycles. The third kappa shape index (κ3) is 1.97. The van der Waals surface area contributed by atoms with E-state index >= 15 is 0 Å². The fourth-order valence-electron chi connectivity index (χ4n) is 3.25. The molecule has 1 aliphatic carbocycles. The van der Waals surface area contributed by atoms with Crippen LogP contribution in [0.4, 0.5) is 0 Å². The Kier molecular flexibility index (Phi) is 2.92. The lowest BCUT2D eigenvalue weighted by atomic mass is 9.77. The van der Waals surface area contributed by atoms with Gasteiger partial charge < -0.3 is 4.74 Å². The van der Waals surface area contributed by atoms with Crippen LogP contribution in [0.1, 0.15) is 36.5 Å². The summed E-state index contributed by atoms with van der Waals surface area (Å²) in [6.45, 7) is 1.86. The van der Waals surface area contributed by atoms with Gasteiger partial charge in [-0.15, -0.1) is 0 Å². The van der Waals surface area contributed by atoms with Crippen molar-refractivity contribution in [2.75, 3.05) is 6.61 Å². The number of aryl methyl sites for hydroxylation is 2. The fraction of sp³-hybridized carbons (Fsp3) is 0.500. The van der Waals surface area contributed by atoms with Gasteiger partial charge in [0.1, 0.15) is 11.2 Å². The zero-order valence-electron chi connectivity index (χ0n) is 11.2. The van der Waals surface area contributed by atoms with E-state index in [-0.39, 0.29) is 11.8 Å². The normalized spacial score (nSPS) is 25.2. The summed E-state index contributed by atoms with van der Waals surface area (Å²) in [4.78, 5) is 23.8. The first-order chi connectivity index (χ1) is 9.12. The molecule has 1 aromatic carbocycles. The molecule has 0 spiro atoms. The minimum atomic E-state index is -0.938. The highest BCUT2D eigenvalue weighted by Crippen LogP contribution is 2.36. The van der Waals surface area contributed by atoms with Crippen LogP contribution in [0.5, 0.6) is 0 Å². The van der Waals surface area contributed by atoms with Crippen molar-refractivity contribution in [3.05, 3.63) is 34.9 Å². The summed E-state index contributed by atoms with van der Waals surface area (Å²) in [5, 5.41) is 0. The fourth-order valence-corrected chi connectivity index (χ4v) is 3.25. The third-order valence-corrected chi connectivity index (χ3v) is 4.50. The largest absolute Gasteiger partial charge is 0.465 e. The molecule has 0 N–H and O–H groups in total. The number of hydrogen-bond donors (Lipinski definition) is 0. The summed E-state index contributed by atoms with van der Waals surface area (Å²) in [5.41, 5.74) is 2.93. The van der Waals surface area contributed by atoms with Crippen molar-refractivity contribution < 1.29 is 14.3 Å². The van der Waals surface area contributed by atoms with Crippen LogP contribution in [0.25, 0.3) is 0 Å². The Labute approximate surface area is 113 Å². The van der Waals surface area contributed by atoms with E-state index in [9.17, 15) is 9.59 Å². The van der Waals surface area contributed by atoms with Gasteiger partial charge in [-0.25, -0.2) is 0 Å². The summed E-state index contributed by atoms with van der Waals surface area (Å²) in [6.07, 6.45) is 4.46. The molecule has 3 heteroatoms. The summed E-state index contributed by atoms with van der Waals surface area (Å²) < 4.78 is 5.04. The van der Waals surface area contributed by atoms with Crippen LogP contribution in [0.3, 0.4) is 0 Å². The lowest BCUT2D eigenvalue weighted by Gasteiger charge is -2.21. The van der Waals surface area contributed by atoms with Crippen LogP contribution in [0.15, 0.2) is 18.2 Å². The number of cyclic esters (lactones) is 1. The van der Waals surface area contributed by atoms with Crippen LogP contribution in [0, 0.1) is 5.41 Å². The summed E-state index contributed by atoms with van der Waals surface area (Å²) in [6, 6.07) is 6.37. The van der Waals surface area contributed by atoms with Gasteiger partial charge in [-0.2, -0.15) is 0 Å². The van der Waals surface area contributed by atoms with Gasteiger partial charge in [-0.1, -0.05) is 18.2 Å². The summed E-state index contributed by atoms with van der Waals surface area (Å²) in [5.74, 6) is -0.420. The van der Waals surface area contributed by atoms with E-state index < -0.39 is 5.41 Å². The van der Waals surface area contributed by atoms with E-state index in [0.717, 1.165) is 18.4 Å². The number of ether oxygens (including phenoxy) is 1. The molecule has 0 amide bonds. The van der Waals surface area contributed by atoms with Gasteiger partial charge >= 0.3 is 5.97 Å². The maximum Gasteiger partial charge on any atom is 0.320 e. The number of esters is 1. The second-order valence-electron chi connectivity index (χ2n) is 5.66. The highest BCUT2D eigenvalue weighted by molar-refractivity contribution is 6.04. The van der Waals surface area contributed by atoms with Gasteiger partial charge in [0.05, 0.1) is 6.61 Å². The first kappa shape index (κ1) is 12.4. The Bertz CT molecular complexity index is 547. The van der Waals surface area contributed by atoms with Crippen LogP contribution in [-0.2, 0) is 33.6 Å². The second kappa shape index (κ2) is 4.48. The van der Waals surface area contributed by atoms with Gasteiger partial charge in [0.2, 0.25) is 0 Å². The molecule has 0 radical (unpaired) electrons. The minimum Gasteiger partial charge on any atom is -0.465 e. The van der Waals surface area contributed by atoms with Gasteiger partial charge in [0.15, 0.2) is 0 Å². The van der Waals surface area contributed by atoms with E-state index in [4.69, 9.17) is 4.74 Å². The topological polar surface area (TPSA) is 43.4 Å². The molecule has 0 aromatic heterocycles. The average molecular weight is 258 g/mol. The molecule has 0 saturated carbocycles.